The van der Waals surface area contributed by atoms with E-state index in [-0.39, 0.29) is 31.2 Å². The molecular weight excluding hydrogens is 280 g/mol. The maximum absolute atomic E-state index is 13.6. The zero-order chi connectivity index (χ0) is 16.0. The highest BCUT2D eigenvalue weighted by molar-refractivity contribution is 5.83. The van der Waals surface area contributed by atoms with Crippen molar-refractivity contribution in [2.45, 2.75) is 33.2 Å². The van der Waals surface area contributed by atoms with Crippen LogP contribution in [-0.4, -0.2) is 36.0 Å². The van der Waals surface area contributed by atoms with E-state index in [0.29, 0.717) is 0 Å². The largest absolute Gasteiger partial charge is 0.465 e. The van der Waals surface area contributed by atoms with Crippen LogP contribution in [0.1, 0.15) is 26.3 Å². The molecule has 0 saturated heterocycles. The zero-order valence-electron chi connectivity index (χ0n) is 12.4. The molecule has 0 bridgehead atoms. The fourth-order valence-electron chi connectivity index (χ4n) is 1.83. The molecule has 0 aliphatic rings. The standard InChI is InChI=1S/C15H19F2NO3/c1-4-21-15(20)9-18(10(2)3)14(19)7-11-5-6-12(16)8-13(11)17/h5-6,8,10H,4,7,9H2,1-3H3. The normalized spacial score (nSPS) is 10.6. The van der Waals surface area contributed by atoms with Crippen LogP contribution in [0.4, 0.5) is 8.78 Å². The maximum atomic E-state index is 13.6. The van der Waals surface area contributed by atoms with Gasteiger partial charge in [0.1, 0.15) is 18.2 Å². The van der Waals surface area contributed by atoms with E-state index in [2.05, 4.69) is 0 Å². The number of esters is 1. The molecule has 4 nitrogen and oxygen atoms in total. The summed E-state index contributed by atoms with van der Waals surface area (Å²) in [5, 5.41) is 0. The van der Waals surface area contributed by atoms with Crippen LogP contribution in [0.25, 0.3) is 0 Å². The van der Waals surface area contributed by atoms with Crippen molar-refractivity contribution >= 4 is 11.9 Å². The maximum Gasteiger partial charge on any atom is 0.325 e. The van der Waals surface area contributed by atoms with Gasteiger partial charge in [0.25, 0.3) is 0 Å². The highest BCUT2D eigenvalue weighted by atomic mass is 19.1. The monoisotopic (exact) mass is 299 g/mol. The molecule has 1 aromatic rings. The van der Waals surface area contributed by atoms with Crippen LogP contribution in [0.5, 0.6) is 0 Å². The minimum Gasteiger partial charge on any atom is -0.465 e. The molecule has 21 heavy (non-hydrogen) atoms. The van der Waals surface area contributed by atoms with Gasteiger partial charge in [-0.2, -0.15) is 0 Å². The first kappa shape index (κ1) is 17.1. The van der Waals surface area contributed by atoms with Crippen molar-refractivity contribution in [2.75, 3.05) is 13.2 Å². The number of nitrogens with zero attached hydrogens (tertiary/aromatic N) is 1. The van der Waals surface area contributed by atoms with Crippen LogP contribution in [0.2, 0.25) is 0 Å². The minimum absolute atomic E-state index is 0.0934. The smallest absolute Gasteiger partial charge is 0.325 e. The Hall–Kier alpha value is -1.98. The Morgan fingerprint density at radius 2 is 1.95 bits per heavy atom. The molecule has 0 heterocycles. The van der Waals surface area contributed by atoms with Crippen molar-refractivity contribution in [3.8, 4) is 0 Å². The van der Waals surface area contributed by atoms with Crippen molar-refractivity contribution in [2.24, 2.45) is 0 Å². The van der Waals surface area contributed by atoms with Gasteiger partial charge in [-0.05, 0) is 32.4 Å². The number of benzene rings is 1. The Morgan fingerprint density at radius 3 is 2.48 bits per heavy atom. The van der Waals surface area contributed by atoms with Crippen molar-refractivity contribution in [1.82, 2.24) is 4.90 Å². The Morgan fingerprint density at radius 1 is 1.29 bits per heavy atom. The van der Waals surface area contributed by atoms with E-state index in [0.717, 1.165) is 12.1 Å². The van der Waals surface area contributed by atoms with Crippen LogP contribution >= 0.6 is 0 Å². The quantitative estimate of drug-likeness (QED) is 0.757. The lowest BCUT2D eigenvalue weighted by atomic mass is 10.1. The lowest BCUT2D eigenvalue weighted by molar-refractivity contribution is -0.149. The molecule has 0 spiro atoms. The molecule has 0 aliphatic heterocycles. The summed E-state index contributed by atoms with van der Waals surface area (Å²) in [6.45, 7) is 5.21. The summed E-state index contributed by atoms with van der Waals surface area (Å²) >= 11 is 0. The molecular formula is C15H19F2NO3. The van der Waals surface area contributed by atoms with Gasteiger partial charge in [-0.25, -0.2) is 8.78 Å². The third kappa shape index (κ3) is 5.13. The van der Waals surface area contributed by atoms with Crippen LogP contribution in [0, 0.1) is 11.6 Å². The minimum atomic E-state index is -0.775. The zero-order valence-corrected chi connectivity index (χ0v) is 12.4. The summed E-state index contributed by atoms with van der Waals surface area (Å²) in [6.07, 6.45) is -0.232. The third-order valence-corrected chi connectivity index (χ3v) is 2.91. The van der Waals surface area contributed by atoms with Crippen LogP contribution in [-0.2, 0) is 20.7 Å². The molecule has 0 saturated carbocycles. The Labute approximate surface area is 122 Å². The molecule has 116 valence electrons. The second-order valence-corrected chi connectivity index (χ2v) is 4.83. The van der Waals surface area contributed by atoms with E-state index >= 15 is 0 Å². The molecule has 1 rings (SSSR count). The first-order valence-corrected chi connectivity index (χ1v) is 6.74. The predicted octanol–water partition coefficient (Wildman–Crippen LogP) is 2.31. The molecule has 6 heteroatoms. The lowest BCUT2D eigenvalue weighted by Crippen LogP contribution is -2.42. The third-order valence-electron chi connectivity index (χ3n) is 2.91. The summed E-state index contributed by atoms with van der Waals surface area (Å²) < 4.78 is 31.2. The van der Waals surface area contributed by atoms with E-state index in [9.17, 15) is 18.4 Å². The van der Waals surface area contributed by atoms with Crippen molar-refractivity contribution < 1.29 is 23.1 Å². The number of hydrogen-bond acceptors (Lipinski definition) is 3. The first-order valence-electron chi connectivity index (χ1n) is 6.74. The van der Waals surface area contributed by atoms with E-state index in [1.54, 1.807) is 20.8 Å². The Balaban J connectivity index is 2.79. The van der Waals surface area contributed by atoms with Crippen molar-refractivity contribution in [1.29, 1.82) is 0 Å². The molecule has 0 fully saturated rings. The van der Waals surface area contributed by atoms with Gasteiger partial charge in [-0.15, -0.1) is 0 Å². The number of carbonyl (C=O) groups excluding carboxylic acids is 2. The predicted molar refractivity (Wildman–Crippen MR) is 73.5 cm³/mol. The molecule has 0 radical (unpaired) electrons. The molecule has 0 aliphatic carbocycles. The van der Waals surface area contributed by atoms with Crippen molar-refractivity contribution in [3.05, 3.63) is 35.4 Å². The number of ether oxygens (including phenoxy) is 1. The number of halogens is 2. The van der Waals surface area contributed by atoms with E-state index in [1.807, 2.05) is 0 Å². The summed E-state index contributed by atoms with van der Waals surface area (Å²) in [4.78, 5) is 25.0. The van der Waals surface area contributed by atoms with Crippen LogP contribution in [0.3, 0.4) is 0 Å². The van der Waals surface area contributed by atoms with Crippen LogP contribution in [0.15, 0.2) is 18.2 Å². The van der Waals surface area contributed by atoms with Gasteiger partial charge in [0.05, 0.1) is 13.0 Å². The molecule has 1 amide bonds. The molecule has 0 aromatic heterocycles. The number of amides is 1. The molecule has 1 aromatic carbocycles. The Kier molecular flexibility index (Phi) is 6.27. The highest BCUT2D eigenvalue weighted by Crippen LogP contribution is 2.12. The summed E-state index contributed by atoms with van der Waals surface area (Å²) in [5.41, 5.74) is 0.0934. The van der Waals surface area contributed by atoms with Gasteiger partial charge in [-0.3, -0.25) is 9.59 Å². The second-order valence-electron chi connectivity index (χ2n) is 4.83. The van der Waals surface area contributed by atoms with Gasteiger partial charge in [-0.1, -0.05) is 6.07 Å². The summed E-state index contributed by atoms with van der Waals surface area (Å²) in [6, 6.07) is 2.82. The molecule has 0 unspecified atom stereocenters. The van der Waals surface area contributed by atoms with E-state index in [4.69, 9.17) is 4.74 Å². The first-order chi connectivity index (χ1) is 9.85. The number of carbonyl (C=O) groups is 2. The fraction of sp³-hybridized carbons (Fsp3) is 0.467. The van der Waals surface area contributed by atoms with Gasteiger partial charge in [0.2, 0.25) is 5.91 Å². The lowest BCUT2D eigenvalue weighted by Gasteiger charge is -2.25. The van der Waals surface area contributed by atoms with Crippen molar-refractivity contribution in [3.63, 3.8) is 0 Å². The van der Waals surface area contributed by atoms with Gasteiger partial charge < -0.3 is 9.64 Å². The fourth-order valence-corrected chi connectivity index (χ4v) is 1.83. The van der Waals surface area contributed by atoms with Gasteiger partial charge in [0.15, 0.2) is 0 Å². The Bertz CT molecular complexity index is 518. The van der Waals surface area contributed by atoms with Gasteiger partial charge in [0, 0.05) is 12.1 Å². The number of rotatable bonds is 6. The molecule has 0 N–H and O–H groups in total. The molecule has 0 atom stereocenters. The van der Waals surface area contributed by atoms with E-state index in [1.165, 1.54) is 11.0 Å². The van der Waals surface area contributed by atoms with Gasteiger partial charge >= 0.3 is 5.97 Å². The topological polar surface area (TPSA) is 46.6 Å². The van der Waals surface area contributed by atoms with Crippen LogP contribution < -0.4 is 0 Å². The number of hydrogen-bond donors (Lipinski definition) is 0. The summed E-state index contributed by atoms with van der Waals surface area (Å²) in [5.74, 6) is -2.40. The highest BCUT2D eigenvalue weighted by Gasteiger charge is 2.22. The second kappa shape index (κ2) is 7.71. The van der Waals surface area contributed by atoms with E-state index < -0.39 is 23.5 Å². The summed E-state index contributed by atoms with van der Waals surface area (Å²) in [7, 11) is 0. The average molecular weight is 299 g/mol. The average Bonchev–Trinajstić information content (AvgIpc) is 2.39. The SMILES string of the molecule is CCOC(=O)CN(C(=O)Cc1ccc(F)cc1F)C(C)C.